The lowest BCUT2D eigenvalue weighted by molar-refractivity contribution is 1.10. The zero-order chi connectivity index (χ0) is 18.1. The van der Waals surface area contributed by atoms with Crippen molar-refractivity contribution in [2.45, 2.75) is 0 Å². The van der Waals surface area contributed by atoms with Crippen LogP contribution in [-0.4, -0.2) is 10.2 Å². The van der Waals surface area contributed by atoms with Crippen molar-refractivity contribution in [3.8, 4) is 43.4 Å². The van der Waals surface area contributed by atoms with Gasteiger partial charge in [0.1, 0.15) is 10.0 Å². The zero-order valence-electron chi connectivity index (χ0n) is 14.2. The van der Waals surface area contributed by atoms with Crippen molar-refractivity contribution >= 4 is 34.0 Å². The first-order valence-electron chi connectivity index (χ1n) is 8.46. The molecule has 0 saturated heterocycles. The van der Waals surface area contributed by atoms with Gasteiger partial charge in [-0.05, 0) is 55.9 Å². The highest BCUT2D eigenvalue weighted by molar-refractivity contribution is 7.17. The van der Waals surface area contributed by atoms with Crippen LogP contribution in [0.2, 0.25) is 0 Å². The molecule has 0 N–H and O–H groups in total. The molecule has 2 aromatic carbocycles. The number of rotatable bonds is 4. The summed E-state index contributed by atoms with van der Waals surface area (Å²) >= 11 is 5.06. The van der Waals surface area contributed by atoms with E-state index in [4.69, 9.17) is 0 Å². The van der Waals surface area contributed by atoms with Crippen molar-refractivity contribution in [1.82, 2.24) is 10.2 Å². The van der Waals surface area contributed by atoms with E-state index in [0.29, 0.717) is 0 Å². The SMILES string of the molecule is c1cc(-c2ccc(-c3nnc(-c4ccc(-c5ccsc5)cc4)s3)cc2)cs1. The molecular formula is C22H14N2S3. The Morgan fingerprint density at radius 1 is 0.444 bits per heavy atom. The molecule has 3 heterocycles. The second-order valence-electron chi connectivity index (χ2n) is 6.09. The maximum atomic E-state index is 4.40. The van der Waals surface area contributed by atoms with Crippen LogP contribution in [0, 0.1) is 0 Å². The summed E-state index contributed by atoms with van der Waals surface area (Å²) in [5.74, 6) is 0. The molecular weight excluding hydrogens is 388 g/mol. The van der Waals surface area contributed by atoms with Gasteiger partial charge in [-0.25, -0.2) is 0 Å². The van der Waals surface area contributed by atoms with Gasteiger partial charge in [-0.2, -0.15) is 22.7 Å². The number of aromatic nitrogens is 2. The van der Waals surface area contributed by atoms with Crippen LogP contribution in [0.4, 0.5) is 0 Å². The molecule has 0 aliphatic carbocycles. The van der Waals surface area contributed by atoms with Gasteiger partial charge in [-0.3, -0.25) is 0 Å². The monoisotopic (exact) mass is 402 g/mol. The fourth-order valence-corrected chi connectivity index (χ4v) is 5.11. The molecule has 5 heteroatoms. The minimum Gasteiger partial charge on any atom is -0.152 e. The summed E-state index contributed by atoms with van der Waals surface area (Å²) in [6.07, 6.45) is 0. The molecule has 130 valence electrons. The number of benzene rings is 2. The minimum absolute atomic E-state index is 0.948. The number of hydrogen-bond acceptors (Lipinski definition) is 5. The van der Waals surface area contributed by atoms with Crippen molar-refractivity contribution in [1.29, 1.82) is 0 Å². The molecule has 2 nitrogen and oxygen atoms in total. The molecule has 5 aromatic rings. The molecule has 5 rings (SSSR count). The van der Waals surface area contributed by atoms with Gasteiger partial charge in [-0.1, -0.05) is 59.9 Å². The van der Waals surface area contributed by atoms with Crippen molar-refractivity contribution in [2.24, 2.45) is 0 Å². The van der Waals surface area contributed by atoms with E-state index >= 15 is 0 Å². The second-order valence-corrected chi connectivity index (χ2v) is 8.63. The molecule has 0 bridgehead atoms. The van der Waals surface area contributed by atoms with Gasteiger partial charge in [0.15, 0.2) is 0 Å². The molecule has 27 heavy (non-hydrogen) atoms. The van der Waals surface area contributed by atoms with Crippen LogP contribution in [0.25, 0.3) is 43.4 Å². The van der Waals surface area contributed by atoms with Crippen LogP contribution in [0.3, 0.4) is 0 Å². The average Bonchev–Trinajstić information content (AvgIpc) is 3.51. The highest BCUT2D eigenvalue weighted by Gasteiger charge is 2.09. The van der Waals surface area contributed by atoms with Gasteiger partial charge >= 0.3 is 0 Å². The third-order valence-corrected chi connectivity index (χ3v) is 6.79. The number of nitrogens with zero attached hydrogens (tertiary/aromatic N) is 2. The molecule has 0 aliphatic heterocycles. The van der Waals surface area contributed by atoms with Gasteiger partial charge in [-0.15, -0.1) is 10.2 Å². The van der Waals surface area contributed by atoms with Crippen molar-refractivity contribution in [3.63, 3.8) is 0 Å². The highest BCUT2D eigenvalue weighted by atomic mass is 32.1. The molecule has 3 aromatic heterocycles. The van der Waals surface area contributed by atoms with E-state index in [9.17, 15) is 0 Å². The highest BCUT2D eigenvalue weighted by Crippen LogP contribution is 2.32. The van der Waals surface area contributed by atoms with Crippen LogP contribution in [0.15, 0.2) is 82.2 Å². The Balaban J connectivity index is 1.39. The molecule has 0 spiro atoms. The summed E-state index contributed by atoms with van der Waals surface area (Å²) in [5.41, 5.74) is 7.19. The average molecular weight is 403 g/mol. The molecule has 0 unspecified atom stereocenters. The van der Waals surface area contributed by atoms with E-state index in [0.717, 1.165) is 21.1 Å². The van der Waals surface area contributed by atoms with E-state index < -0.39 is 0 Å². The van der Waals surface area contributed by atoms with Gasteiger partial charge in [0, 0.05) is 11.1 Å². The smallest absolute Gasteiger partial charge is 0.148 e. The Morgan fingerprint density at radius 2 is 0.852 bits per heavy atom. The predicted octanol–water partition coefficient (Wildman–Crippen LogP) is 7.33. The molecule has 0 radical (unpaired) electrons. The molecule has 0 saturated carbocycles. The van der Waals surface area contributed by atoms with Crippen LogP contribution in [0.1, 0.15) is 0 Å². The summed E-state index contributed by atoms with van der Waals surface area (Å²) in [6.45, 7) is 0. The predicted molar refractivity (Wildman–Crippen MR) is 117 cm³/mol. The van der Waals surface area contributed by atoms with Gasteiger partial charge in [0.2, 0.25) is 0 Å². The first-order chi connectivity index (χ1) is 13.4. The van der Waals surface area contributed by atoms with E-state index in [1.54, 1.807) is 34.0 Å². The van der Waals surface area contributed by atoms with E-state index in [1.807, 2.05) is 0 Å². The van der Waals surface area contributed by atoms with Crippen LogP contribution in [-0.2, 0) is 0 Å². The number of hydrogen-bond donors (Lipinski definition) is 0. The third-order valence-electron chi connectivity index (χ3n) is 4.40. The van der Waals surface area contributed by atoms with Crippen LogP contribution >= 0.6 is 34.0 Å². The van der Waals surface area contributed by atoms with Crippen molar-refractivity contribution in [3.05, 3.63) is 82.2 Å². The second kappa shape index (κ2) is 7.19. The fraction of sp³-hybridized carbons (Fsp3) is 0. The maximum Gasteiger partial charge on any atom is 0.148 e. The van der Waals surface area contributed by atoms with E-state index in [2.05, 4.69) is 92.4 Å². The molecule has 0 amide bonds. The third kappa shape index (κ3) is 3.37. The normalized spacial score (nSPS) is 11.0. The lowest BCUT2D eigenvalue weighted by Gasteiger charge is -2.00. The summed E-state index contributed by atoms with van der Waals surface area (Å²) < 4.78 is 0. The Labute approximate surface area is 169 Å². The Hall–Kier alpha value is -2.60. The minimum atomic E-state index is 0.948. The summed E-state index contributed by atoms with van der Waals surface area (Å²) in [5, 5.41) is 19.2. The largest absolute Gasteiger partial charge is 0.152 e. The van der Waals surface area contributed by atoms with E-state index in [-0.39, 0.29) is 0 Å². The van der Waals surface area contributed by atoms with Crippen molar-refractivity contribution in [2.75, 3.05) is 0 Å². The molecule has 0 aliphatic rings. The Kier molecular flexibility index (Phi) is 4.41. The van der Waals surface area contributed by atoms with Gasteiger partial charge in [0.25, 0.3) is 0 Å². The lowest BCUT2D eigenvalue weighted by atomic mass is 10.1. The fourth-order valence-electron chi connectivity index (χ4n) is 2.92. The maximum absolute atomic E-state index is 4.40. The Bertz CT molecular complexity index is 1050. The molecule has 0 atom stereocenters. The quantitative estimate of drug-likeness (QED) is 0.314. The lowest BCUT2D eigenvalue weighted by Crippen LogP contribution is -1.79. The standard InChI is InChI=1S/C22H14N2S3/c1-5-17(6-2-15(1)19-9-11-25-13-19)21-23-24-22(27-21)18-7-3-16(4-8-18)20-10-12-26-14-20/h1-14H. The van der Waals surface area contributed by atoms with Gasteiger partial charge in [0.05, 0.1) is 0 Å². The Morgan fingerprint density at radius 3 is 1.22 bits per heavy atom. The first kappa shape index (κ1) is 16.6. The first-order valence-corrected chi connectivity index (χ1v) is 11.2. The summed E-state index contributed by atoms with van der Waals surface area (Å²) in [7, 11) is 0. The van der Waals surface area contributed by atoms with E-state index in [1.165, 1.54) is 22.3 Å². The topological polar surface area (TPSA) is 25.8 Å². The van der Waals surface area contributed by atoms with Crippen molar-refractivity contribution < 1.29 is 0 Å². The van der Waals surface area contributed by atoms with Crippen LogP contribution in [0.5, 0.6) is 0 Å². The molecule has 0 fully saturated rings. The summed E-state index contributed by atoms with van der Waals surface area (Å²) in [6, 6.07) is 21.4. The summed E-state index contributed by atoms with van der Waals surface area (Å²) in [4.78, 5) is 0. The van der Waals surface area contributed by atoms with Crippen LogP contribution < -0.4 is 0 Å². The zero-order valence-corrected chi connectivity index (χ0v) is 16.7. The number of thiophene rings is 2. The van der Waals surface area contributed by atoms with Gasteiger partial charge < -0.3 is 0 Å².